The summed E-state index contributed by atoms with van der Waals surface area (Å²) in [5.41, 5.74) is 4.92. The molecule has 1 aliphatic rings. The molecule has 0 amide bonds. The molecule has 0 unspecified atom stereocenters. The summed E-state index contributed by atoms with van der Waals surface area (Å²) in [4.78, 5) is 12.1. The van der Waals surface area contributed by atoms with E-state index >= 15 is 0 Å². The first-order valence-corrected chi connectivity index (χ1v) is 9.43. The molecular weight excluding hydrogens is 344 g/mol. The van der Waals surface area contributed by atoms with E-state index in [4.69, 9.17) is 17.0 Å². The summed E-state index contributed by atoms with van der Waals surface area (Å²) in [6.07, 6.45) is 3.32. The minimum Gasteiger partial charge on any atom is -0.462 e. The largest absolute Gasteiger partial charge is 0.462 e. The van der Waals surface area contributed by atoms with Crippen LogP contribution < -0.4 is 10.6 Å². The Kier molecular flexibility index (Phi) is 5.89. The Morgan fingerprint density at radius 2 is 2.04 bits per heavy atom. The zero-order valence-corrected chi connectivity index (χ0v) is 16.0. The number of thiocarbonyl (C=S) groups is 1. The average molecular weight is 369 g/mol. The summed E-state index contributed by atoms with van der Waals surface area (Å²) in [6, 6.07) is 14.2. The van der Waals surface area contributed by atoms with Gasteiger partial charge in [0.15, 0.2) is 5.11 Å². The molecule has 0 fully saturated rings. The maximum absolute atomic E-state index is 12.1. The molecule has 0 aromatic heterocycles. The van der Waals surface area contributed by atoms with Gasteiger partial charge in [-0.1, -0.05) is 30.3 Å². The molecule has 1 aliphatic carbocycles. The molecule has 26 heavy (non-hydrogen) atoms. The van der Waals surface area contributed by atoms with Gasteiger partial charge in [0, 0.05) is 5.69 Å². The third-order valence-corrected chi connectivity index (χ3v) is 4.97. The normalized spacial score (nSPS) is 15.7. The number of carbonyl (C=O) groups excluding carboxylic acids is 1. The predicted octanol–water partition coefficient (Wildman–Crippen LogP) is 4.54. The highest BCUT2D eigenvalue weighted by Gasteiger charge is 2.20. The lowest BCUT2D eigenvalue weighted by Gasteiger charge is -2.27. The highest BCUT2D eigenvalue weighted by molar-refractivity contribution is 7.80. The molecule has 2 aromatic carbocycles. The van der Waals surface area contributed by atoms with Crippen LogP contribution in [0.25, 0.3) is 0 Å². The van der Waals surface area contributed by atoms with E-state index in [0.29, 0.717) is 17.3 Å². The molecule has 2 N–H and O–H groups in total. The highest BCUT2D eigenvalue weighted by atomic mass is 32.1. The van der Waals surface area contributed by atoms with E-state index < -0.39 is 0 Å². The fourth-order valence-electron chi connectivity index (χ4n) is 3.42. The number of hydrogen-bond donors (Lipinski definition) is 2. The molecule has 0 aliphatic heterocycles. The van der Waals surface area contributed by atoms with Crippen LogP contribution in [0.2, 0.25) is 0 Å². The maximum atomic E-state index is 12.1. The van der Waals surface area contributed by atoms with Crippen LogP contribution in [0.3, 0.4) is 0 Å². The van der Waals surface area contributed by atoms with Gasteiger partial charge >= 0.3 is 5.97 Å². The van der Waals surface area contributed by atoms with Gasteiger partial charge in [-0.05, 0) is 74.2 Å². The summed E-state index contributed by atoms with van der Waals surface area (Å²) in [5, 5.41) is 7.23. The molecule has 1 atom stereocenters. The lowest BCUT2D eigenvalue weighted by molar-refractivity contribution is 0.0525. The quantitative estimate of drug-likeness (QED) is 0.613. The van der Waals surface area contributed by atoms with Crippen LogP contribution in [-0.4, -0.2) is 17.7 Å². The van der Waals surface area contributed by atoms with E-state index in [2.05, 4.69) is 34.9 Å². The van der Waals surface area contributed by atoms with Gasteiger partial charge in [0.25, 0.3) is 0 Å². The number of ether oxygens (including phenoxy) is 1. The van der Waals surface area contributed by atoms with Crippen molar-refractivity contribution < 1.29 is 9.53 Å². The molecule has 3 rings (SSSR count). The van der Waals surface area contributed by atoms with Gasteiger partial charge in [-0.3, -0.25) is 0 Å². The third kappa shape index (κ3) is 4.05. The smallest absolute Gasteiger partial charge is 0.338 e. The van der Waals surface area contributed by atoms with Gasteiger partial charge in [0.2, 0.25) is 0 Å². The van der Waals surface area contributed by atoms with Crippen molar-refractivity contribution in [2.24, 2.45) is 0 Å². The van der Waals surface area contributed by atoms with Crippen LogP contribution in [0, 0.1) is 6.92 Å². The van der Waals surface area contributed by atoms with Gasteiger partial charge < -0.3 is 15.4 Å². The van der Waals surface area contributed by atoms with E-state index in [0.717, 1.165) is 30.5 Å². The number of esters is 1. The van der Waals surface area contributed by atoms with Crippen LogP contribution in [0.5, 0.6) is 0 Å². The second kappa shape index (κ2) is 8.32. The molecular formula is C21H24N2O2S. The zero-order chi connectivity index (χ0) is 18.5. The Hall–Kier alpha value is -2.40. The van der Waals surface area contributed by atoms with Crippen molar-refractivity contribution >= 4 is 29.0 Å². The molecule has 136 valence electrons. The number of carbonyl (C=O) groups is 1. The Morgan fingerprint density at radius 3 is 2.85 bits per heavy atom. The Labute approximate surface area is 160 Å². The Morgan fingerprint density at radius 1 is 1.23 bits per heavy atom. The minimum atomic E-state index is -0.311. The highest BCUT2D eigenvalue weighted by Crippen LogP contribution is 2.29. The van der Waals surface area contributed by atoms with Gasteiger partial charge in [-0.25, -0.2) is 4.79 Å². The average Bonchev–Trinajstić information content (AvgIpc) is 2.64. The van der Waals surface area contributed by atoms with Crippen molar-refractivity contribution in [2.75, 3.05) is 11.9 Å². The van der Waals surface area contributed by atoms with Crippen molar-refractivity contribution in [3.05, 3.63) is 64.7 Å². The number of aryl methyl sites for hydroxylation is 1. The number of nitrogens with one attached hydrogen (secondary N) is 2. The first-order valence-electron chi connectivity index (χ1n) is 9.02. The fraction of sp³-hybridized carbons (Fsp3) is 0.333. The molecule has 0 saturated heterocycles. The Balaban J connectivity index is 1.72. The fourth-order valence-corrected chi connectivity index (χ4v) is 3.67. The number of rotatable bonds is 4. The second-order valence-electron chi connectivity index (χ2n) is 6.44. The summed E-state index contributed by atoms with van der Waals surface area (Å²) in [7, 11) is 0. The molecule has 0 spiro atoms. The van der Waals surface area contributed by atoms with Gasteiger partial charge in [-0.2, -0.15) is 0 Å². The van der Waals surface area contributed by atoms with Gasteiger partial charge in [-0.15, -0.1) is 0 Å². The van der Waals surface area contributed by atoms with Crippen LogP contribution in [-0.2, 0) is 11.2 Å². The molecule has 0 heterocycles. The summed E-state index contributed by atoms with van der Waals surface area (Å²) >= 11 is 5.53. The maximum Gasteiger partial charge on any atom is 0.338 e. The lowest BCUT2D eigenvalue weighted by atomic mass is 9.88. The molecule has 5 heteroatoms. The van der Waals surface area contributed by atoms with Crippen LogP contribution in [0.4, 0.5) is 5.69 Å². The SMILES string of the molecule is CCOC(=O)c1cccc(NC(=S)N[C@@H]2CCCc3ccccc32)c1C. The minimum absolute atomic E-state index is 0.216. The first kappa shape index (κ1) is 18.4. The van der Waals surface area contributed by atoms with Gasteiger partial charge in [0.05, 0.1) is 18.2 Å². The van der Waals surface area contributed by atoms with E-state index in [9.17, 15) is 4.79 Å². The third-order valence-electron chi connectivity index (χ3n) is 4.75. The summed E-state index contributed by atoms with van der Waals surface area (Å²) < 4.78 is 5.11. The summed E-state index contributed by atoms with van der Waals surface area (Å²) in [6.45, 7) is 4.06. The number of fused-ring (bicyclic) bond motifs is 1. The number of hydrogen-bond acceptors (Lipinski definition) is 3. The van der Waals surface area contributed by atoms with Crippen molar-refractivity contribution in [3.8, 4) is 0 Å². The second-order valence-corrected chi connectivity index (χ2v) is 6.85. The molecule has 0 saturated carbocycles. The van der Waals surface area contributed by atoms with Crippen LogP contribution in [0.15, 0.2) is 42.5 Å². The van der Waals surface area contributed by atoms with E-state index in [-0.39, 0.29) is 12.0 Å². The van der Waals surface area contributed by atoms with E-state index in [1.54, 1.807) is 13.0 Å². The number of anilines is 1. The van der Waals surface area contributed by atoms with Crippen LogP contribution in [0.1, 0.15) is 52.9 Å². The van der Waals surface area contributed by atoms with Crippen molar-refractivity contribution in [3.63, 3.8) is 0 Å². The zero-order valence-electron chi connectivity index (χ0n) is 15.2. The van der Waals surface area contributed by atoms with E-state index in [1.807, 2.05) is 19.1 Å². The van der Waals surface area contributed by atoms with Crippen molar-refractivity contribution in [1.29, 1.82) is 0 Å². The Bertz CT molecular complexity index is 819. The topological polar surface area (TPSA) is 50.4 Å². The molecule has 0 bridgehead atoms. The van der Waals surface area contributed by atoms with Crippen molar-refractivity contribution in [2.45, 2.75) is 39.2 Å². The summed E-state index contributed by atoms with van der Waals surface area (Å²) in [5.74, 6) is -0.311. The molecule has 0 radical (unpaired) electrons. The van der Waals surface area contributed by atoms with Crippen molar-refractivity contribution in [1.82, 2.24) is 5.32 Å². The standard InChI is InChI=1S/C21H24N2O2S/c1-3-25-20(24)16-11-7-12-18(14(16)2)22-21(26)23-19-13-6-9-15-8-4-5-10-17(15)19/h4-5,7-8,10-12,19H,3,6,9,13H2,1-2H3,(H2,22,23,26)/t19-/m1/s1. The predicted molar refractivity (Wildman–Crippen MR) is 109 cm³/mol. The van der Waals surface area contributed by atoms with Crippen LogP contribution >= 0.6 is 12.2 Å². The first-order chi connectivity index (χ1) is 12.6. The monoisotopic (exact) mass is 368 g/mol. The van der Waals surface area contributed by atoms with Gasteiger partial charge in [0.1, 0.15) is 0 Å². The number of benzene rings is 2. The molecule has 4 nitrogen and oxygen atoms in total. The molecule has 2 aromatic rings. The van der Waals surface area contributed by atoms with E-state index in [1.165, 1.54) is 11.1 Å². The lowest BCUT2D eigenvalue weighted by Crippen LogP contribution is -2.34.